The highest BCUT2D eigenvalue weighted by Gasteiger charge is 2.44. The van der Waals surface area contributed by atoms with Crippen molar-refractivity contribution < 1.29 is 0 Å². The molecule has 55 heavy (non-hydrogen) atoms. The van der Waals surface area contributed by atoms with Crippen molar-refractivity contribution >= 4 is 68.0 Å². The summed E-state index contributed by atoms with van der Waals surface area (Å²) in [7, 11) is 0. The molecule has 2 heterocycles. The number of anilines is 6. The molecule has 0 unspecified atom stereocenters. The summed E-state index contributed by atoms with van der Waals surface area (Å²) in [6.07, 6.45) is 6.45. The van der Waals surface area contributed by atoms with Crippen LogP contribution in [0.2, 0.25) is 0 Å². The minimum Gasteiger partial charge on any atom is -0.311 e. The zero-order valence-electron chi connectivity index (χ0n) is 30.9. The second kappa shape index (κ2) is 13.2. The topological polar surface area (TPSA) is 6.48 Å². The first-order valence-corrected chi connectivity index (χ1v) is 20.0. The van der Waals surface area contributed by atoms with Crippen LogP contribution in [0.25, 0.3) is 33.0 Å². The van der Waals surface area contributed by atoms with Gasteiger partial charge in [0.15, 0.2) is 0 Å². The second-order valence-corrected chi connectivity index (χ2v) is 15.6. The molecule has 1 fully saturated rings. The van der Waals surface area contributed by atoms with Crippen LogP contribution in [0.4, 0.5) is 34.1 Å². The Balaban J connectivity index is 1.17. The van der Waals surface area contributed by atoms with E-state index in [0.717, 1.165) is 0 Å². The van der Waals surface area contributed by atoms with Crippen molar-refractivity contribution in [2.75, 3.05) is 9.80 Å². The number of para-hydroxylation sites is 2. The van der Waals surface area contributed by atoms with Gasteiger partial charge in [-0.25, -0.2) is 0 Å². The first-order valence-electron chi connectivity index (χ1n) is 20.0. The lowest BCUT2D eigenvalue weighted by molar-refractivity contribution is 0.444. The van der Waals surface area contributed by atoms with Crippen molar-refractivity contribution in [3.8, 4) is 22.3 Å². The summed E-state index contributed by atoms with van der Waals surface area (Å²) in [5.41, 5.74) is 18.0. The van der Waals surface area contributed by atoms with Crippen LogP contribution < -0.4 is 26.2 Å². The minimum atomic E-state index is 0.0804. The van der Waals surface area contributed by atoms with Gasteiger partial charge in [-0.3, -0.25) is 0 Å². The van der Waals surface area contributed by atoms with Crippen molar-refractivity contribution in [3.05, 3.63) is 188 Å². The Morgan fingerprint density at radius 1 is 0.382 bits per heavy atom. The summed E-state index contributed by atoms with van der Waals surface area (Å²) in [5, 5.41) is 2.54. The highest BCUT2D eigenvalue weighted by atomic mass is 15.2. The molecular formula is C52H41BN2. The second-order valence-electron chi connectivity index (χ2n) is 15.6. The summed E-state index contributed by atoms with van der Waals surface area (Å²) >= 11 is 0. The van der Waals surface area contributed by atoms with E-state index in [1.807, 2.05) is 0 Å². The molecule has 11 rings (SSSR count). The summed E-state index contributed by atoms with van der Waals surface area (Å²) in [6, 6.07) is 68.1. The molecule has 0 atom stereocenters. The molecule has 0 aromatic heterocycles. The van der Waals surface area contributed by atoms with Gasteiger partial charge in [0.2, 0.25) is 0 Å². The minimum absolute atomic E-state index is 0.0804. The number of rotatable bonds is 5. The smallest absolute Gasteiger partial charge is 0.252 e. The molecule has 262 valence electrons. The molecule has 8 aromatic rings. The molecule has 0 radical (unpaired) electrons. The molecule has 2 aliphatic heterocycles. The molecular weight excluding hydrogens is 663 g/mol. The summed E-state index contributed by atoms with van der Waals surface area (Å²) in [6.45, 7) is 0.0804. The van der Waals surface area contributed by atoms with E-state index in [0.29, 0.717) is 5.92 Å². The van der Waals surface area contributed by atoms with Gasteiger partial charge in [-0.1, -0.05) is 147 Å². The lowest BCUT2D eigenvalue weighted by Gasteiger charge is -2.45. The van der Waals surface area contributed by atoms with Crippen molar-refractivity contribution in [1.29, 1.82) is 0 Å². The summed E-state index contributed by atoms with van der Waals surface area (Å²) in [4.78, 5) is 5.12. The van der Waals surface area contributed by atoms with Gasteiger partial charge in [0.05, 0.1) is 0 Å². The van der Waals surface area contributed by atoms with E-state index in [2.05, 4.69) is 192 Å². The van der Waals surface area contributed by atoms with Gasteiger partial charge in [-0.2, -0.15) is 0 Å². The molecule has 0 bridgehead atoms. The van der Waals surface area contributed by atoms with Crippen LogP contribution in [0.15, 0.2) is 182 Å². The zero-order valence-corrected chi connectivity index (χ0v) is 30.9. The molecule has 0 N–H and O–H groups in total. The molecule has 0 amide bonds. The largest absolute Gasteiger partial charge is 0.311 e. The van der Waals surface area contributed by atoms with Gasteiger partial charge >= 0.3 is 0 Å². The number of hydrogen-bond acceptors (Lipinski definition) is 2. The SMILES string of the molecule is c1ccc(-c2ccc(N3c4ccccc4B4c5cc(-c6ccc7ccccc7c6)ccc5N(c5ccccc5)c5cc(C6CCCCC6)cc3c54)cc2)cc1. The highest BCUT2D eigenvalue weighted by molar-refractivity contribution is 7.00. The van der Waals surface area contributed by atoms with E-state index in [9.17, 15) is 0 Å². The Hall–Kier alpha value is -6.32. The van der Waals surface area contributed by atoms with E-state index >= 15 is 0 Å². The molecule has 2 nitrogen and oxygen atoms in total. The predicted molar refractivity (Wildman–Crippen MR) is 235 cm³/mol. The maximum absolute atomic E-state index is 2.57. The van der Waals surface area contributed by atoms with E-state index in [4.69, 9.17) is 0 Å². The zero-order chi connectivity index (χ0) is 36.3. The Morgan fingerprint density at radius 3 is 1.71 bits per heavy atom. The van der Waals surface area contributed by atoms with Crippen LogP contribution in [0.1, 0.15) is 43.6 Å². The Morgan fingerprint density at radius 2 is 0.945 bits per heavy atom. The average Bonchev–Trinajstić information content (AvgIpc) is 3.27. The fourth-order valence-electron chi connectivity index (χ4n) is 9.76. The van der Waals surface area contributed by atoms with Gasteiger partial charge in [0.25, 0.3) is 6.71 Å². The average molecular weight is 705 g/mol. The van der Waals surface area contributed by atoms with Crippen molar-refractivity contribution in [2.45, 2.75) is 38.0 Å². The van der Waals surface area contributed by atoms with Crippen LogP contribution in [0.5, 0.6) is 0 Å². The van der Waals surface area contributed by atoms with Crippen LogP contribution in [0.3, 0.4) is 0 Å². The van der Waals surface area contributed by atoms with Gasteiger partial charge in [-0.05, 0) is 128 Å². The van der Waals surface area contributed by atoms with Crippen LogP contribution >= 0.6 is 0 Å². The summed E-state index contributed by atoms with van der Waals surface area (Å²) < 4.78 is 0. The normalized spacial score (nSPS) is 14.7. The molecule has 0 saturated heterocycles. The number of hydrogen-bond donors (Lipinski definition) is 0. The maximum Gasteiger partial charge on any atom is 0.252 e. The Kier molecular flexibility index (Phi) is 7.72. The molecule has 3 aliphatic rings. The fourth-order valence-corrected chi connectivity index (χ4v) is 9.76. The third-order valence-electron chi connectivity index (χ3n) is 12.4. The van der Waals surface area contributed by atoms with E-state index in [-0.39, 0.29) is 6.71 Å². The van der Waals surface area contributed by atoms with Crippen molar-refractivity contribution in [2.24, 2.45) is 0 Å². The van der Waals surface area contributed by atoms with E-state index < -0.39 is 0 Å². The van der Waals surface area contributed by atoms with Gasteiger partial charge < -0.3 is 9.80 Å². The monoisotopic (exact) mass is 704 g/mol. The van der Waals surface area contributed by atoms with E-state index in [1.165, 1.54) is 121 Å². The molecule has 1 saturated carbocycles. The third kappa shape index (κ3) is 5.41. The van der Waals surface area contributed by atoms with Crippen molar-refractivity contribution in [1.82, 2.24) is 0 Å². The molecule has 8 aromatic carbocycles. The third-order valence-corrected chi connectivity index (χ3v) is 12.4. The van der Waals surface area contributed by atoms with Crippen molar-refractivity contribution in [3.63, 3.8) is 0 Å². The maximum atomic E-state index is 2.57. The Bertz CT molecular complexity index is 2700. The standard InChI is InChI=1S/C52H41BN2/c1-4-14-36(15-5-1)39-26-29-45(30-27-39)55-48-23-13-12-22-46(48)53-47-33-42(41-25-24-38-18-10-11-19-40(38)32-41)28-31-49(47)54(44-20-8-3-9-21-44)50-34-43(35-51(55)52(50)53)37-16-6-2-7-17-37/h1,3-5,8-15,18-35,37H,2,6-7,16-17H2. The molecule has 3 heteroatoms. The van der Waals surface area contributed by atoms with E-state index in [1.54, 1.807) is 0 Å². The highest BCUT2D eigenvalue weighted by Crippen LogP contribution is 2.47. The molecule has 0 spiro atoms. The van der Waals surface area contributed by atoms with Gasteiger partial charge in [0, 0.05) is 34.1 Å². The van der Waals surface area contributed by atoms with Gasteiger partial charge in [0.1, 0.15) is 0 Å². The lowest BCUT2D eigenvalue weighted by atomic mass is 9.33. The summed E-state index contributed by atoms with van der Waals surface area (Å²) in [5.74, 6) is 0.558. The first-order chi connectivity index (χ1) is 27.3. The predicted octanol–water partition coefficient (Wildman–Crippen LogP) is 12.3. The Labute approximate surface area is 324 Å². The lowest BCUT2D eigenvalue weighted by Crippen LogP contribution is -2.61. The van der Waals surface area contributed by atoms with Crippen LogP contribution in [-0.4, -0.2) is 6.71 Å². The number of fused-ring (bicyclic) bond motifs is 5. The number of nitrogens with zero attached hydrogens (tertiary/aromatic N) is 2. The fraction of sp³-hybridized carbons (Fsp3) is 0.115. The quantitative estimate of drug-likeness (QED) is 0.165. The first kappa shape index (κ1) is 32.1. The number of benzene rings is 8. The molecule has 1 aliphatic carbocycles. The van der Waals surface area contributed by atoms with Gasteiger partial charge in [-0.15, -0.1) is 0 Å². The van der Waals surface area contributed by atoms with Crippen LogP contribution in [0, 0.1) is 0 Å². The van der Waals surface area contributed by atoms with Crippen LogP contribution in [-0.2, 0) is 0 Å².